The predicted octanol–water partition coefficient (Wildman–Crippen LogP) is -1.06. The molecule has 96 valence electrons. The van der Waals surface area contributed by atoms with Gasteiger partial charge in [0.05, 0.1) is 19.3 Å². The highest BCUT2D eigenvalue weighted by Crippen LogP contribution is 2.09. The summed E-state index contributed by atoms with van der Waals surface area (Å²) in [5.74, 6) is 0.895. The molecule has 1 rings (SSSR count). The number of ether oxygens (including phenoxy) is 1. The molecule has 8 heteroatoms. The molecule has 4 N–H and O–H groups in total. The smallest absolute Gasteiger partial charge is 0.231 e. The Morgan fingerprint density at radius 2 is 2.12 bits per heavy atom. The summed E-state index contributed by atoms with van der Waals surface area (Å²) in [6.07, 6.45) is 0. The van der Waals surface area contributed by atoms with E-state index in [9.17, 15) is 0 Å². The van der Waals surface area contributed by atoms with E-state index in [4.69, 9.17) is 15.6 Å². The fraction of sp³-hybridized carbons (Fsp3) is 0.667. The van der Waals surface area contributed by atoms with Crippen molar-refractivity contribution in [2.45, 2.75) is 6.04 Å². The Morgan fingerprint density at radius 1 is 1.41 bits per heavy atom. The molecule has 1 unspecified atom stereocenters. The van der Waals surface area contributed by atoms with Gasteiger partial charge in [0.1, 0.15) is 0 Å². The summed E-state index contributed by atoms with van der Waals surface area (Å²) < 4.78 is 4.94. The van der Waals surface area contributed by atoms with Gasteiger partial charge < -0.3 is 25.8 Å². The van der Waals surface area contributed by atoms with Crippen molar-refractivity contribution in [1.82, 2.24) is 15.0 Å². The summed E-state index contributed by atoms with van der Waals surface area (Å²) in [4.78, 5) is 13.8. The normalized spacial score (nSPS) is 12.2. The van der Waals surface area contributed by atoms with Crippen LogP contribution in [0.2, 0.25) is 0 Å². The monoisotopic (exact) mass is 242 g/mol. The molecule has 1 aromatic heterocycles. The van der Waals surface area contributed by atoms with E-state index < -0.39 is 0 Å². The third kappa shape index (κ3) is 4.00. The molecular weight excluding hydrogens is 224 g/mol. The van der Waals surface area contributed by atoms with Gasteiger partial charge in [-0.3, -0.25) is 0 Å². The van der Waals surface area contributed by atoms with Crippen LogP contribution in [0.25, 0.3) is 0 Å². The van der Waals surface area contributed by atoms with Crippen LogP contribution in [0.1, 0.15) is 0 Å². The summed E-state index contributed by atoms with van der Waals surface area (Å²) in [7, 11) is 5.16. The first-order valence-corrected chi connectivity index (χ1v) is 5.12. The maximum atomic E-state index is 9.11. The fourth-order valence-corrected chi connectivity index (χ4v) is 1.17. The molecule has 1 heterocycles. The van der Waals surface area contributed by atoms with E-state index >= 15 is 0 Å². The molecule has 0 aliphatic rings. The highest BCUT2D eigenvalue weighted by molar-refractivity contribution is 5.41. The van der Waals surface area contributed by atoms with Gasteiger partial charge in [0.2, 0.25) is 17.8 Å². The first-order valence-electron chi connectivity index (χ1n) is 5.12. The second-order valence-corrected chi connectivity index (χ2v) is 3.69. The molecule has 0 aromatic carbocycles. The number of nitrogens with two attached hydrogens (primary N) is 1. The van der Waals surface area contributed by atoms with Crippen LogP contribution < -0.4 is 16.0 Å². The first kappa shape index (κ1) is 13.4. The first-order chi connectivity index (χ1) is 8.06. The lowest BCUT2D eigenvalue weighted by Gasteiger charge is -2.17. The Labute approximate surface area is 99.8 Å². The van der Waals surface area contributed by atoms with Gasteiger partial charge in [-0.25, -0.2) is 0 Å². The predicted molar refractivity (Wildman–Crippen MR) is 64.9 cm³/mol. The second kappa shape index (κ2) is 6.16. The summed E-state index contributed by atoms with van der Waals surface area (Å²) in [6.45, 7) is 0.260. The number of aromatic nitrogens is 3. The van der Waals surface area contributed by atoms with Gasteiger partial charge in [-0.2, -0.15) is 15.0 Å². The molecule has 1 atom stereocenters. The number of aliphatic hydroxyl groups is 1. The summed E-state index contributed by atoms with van der Waals surface area (Å²) in [5.41, 5.74) is 5.57. The number of nitrogens with zero attached hydrogens (tertiary/aromatic N) is 4. The Bertz CT molecular complexity index is 359. The number of aliphatic hydroxyl groups excluding tert-OH is 1. The van der Waals surface area contributed by atoms with Gasteiger partial charge in [0, 0.05) is 21.2 Å². The molecule has 0 aliphatic heterocycles. The van der Waals surface area contributed by atoms with Crippen molar-refractivity contribution in [2.24, 2.45) is 0 Å². The topological polar surface area (TPSA) is 109 Å². The number of rotatable bonds is 6. The van der Waals surface area contributed by atoms with Gasteiger partial charge in [-0.1, -0.05) is 0 Å². The van der Waals surface area contributed by atoms with Crippen LogP contribution in [0.15, 0.2) is 0 Å². The van der Waals surface area contributed by atoms with Gasteiger partial charge in [-0.15, -0.1) is 0 Å². The number of hydrogen-bond acceptors (Lipinski definition) is 8. The molecule has 0 spiro atoms. The van der Waals surface area contributed by atoms with E-state index in [1.807, 2.05) is 0 Å². The minimum Gasteiger partial charge on any atom is -0.394 e. The lowest BCUT2D eigenvalue weighted by atomic mass is 10.3. The highest BCUT2D eigenvalue weighted by Gasteiger charge is 2.11. The van der Waals surface area contributed by atoms with Crippen LogP contribution >= 0.6 is 0 Å². The number of hydrogen-bond donors (Lipinski definition) is 3. The van der Waals surface area contributed by atoms with Crippen molar-refractivity contribution in [2.75, 3.05) is 50.4 Å². The summed E-state index contributed by atoms with van der Waals surface area (Å²) in [6, 6.07) is -0.281. The second-order valence-electron chi connectivity index (χ2n) is 3.69. The molecule has 1 aromatic rings. The molecule has 0 fully saturated rings. The van der Waals surface area contributed by atoms with E-state index in [1.165, 1.54) is 0 Å². The maximum Gasteiger partial charge on any atom is 0.231 e. The third-order valence-electron chi connectivity index (χ3n) is 1.96. The number of methoxy groups -OCH3 is 1. The van der Waals surface area contributed by atoms with Crippen LogP contribution in [-0.2, 0) is 4.74 Å². The Balaban J connectivity index is 2.82. The van der Waals surface area contributed by atoms with E-state index in [0.29, 0.717) is 18.5 Å². The van der Waals surface area contributed by atoms with Crippen LogP contribution in [0.5, 0.6) is 0 Å². The summed E-state index contributed by atoms with van der Waals surface area (Å²) >= 11 is 0. The summed E-state index contributed by atoms with van der Waals surface area (Å²) in [5, 5.41) is 12.0. The maximum absolute atomic E-state index is 9.11. The third-order valence-corrected chi connectivity index (χ3v) is 1.96. The minimum atomic E-state index is -0.281. The molecule has 0 bridgehead atoms. The number of nitrogen functional groups attached to an aromatic ring is 1. The number of nitrogens with one attached hydrogen (secondary N) is 1. The Kier molecular flexibility index (Phi) is 4.85. The Morgan fingerprint density at radius 3 is 2.65 bits per heavy atom. The lowest BCUT2D eigenvalue weighted by molar-refractivity contribution is 0.153. The highest BCUT2D eigenvalue weighted by atomic mass is 16.5. The van der Waals surface area contributed by atoms with Gasteiger partial charge >= 0.3 is 0 Å². The molecule has 0 saturated carbocycles. The molecule has 0 aliphatic carbocycles. The molecule has 0 radical (unpaired) electrons. The van der Waals surface area contributed by atoms with E-state index in [1.54, 1.807) is 26.1 Å². The van der Waals surface area contributed by atoms with Gasteiger partial charge in [-0.05, 0) is 0 Å². The van der Waals surface area contributed by atoms with E-state index in [0.717, 1.165) is 0 Å². The lowest BCUT2D eigenvalue weighted by Crippen LogP contribution is -2.30. The number of anilines is 3. The van der Waals surface area contributed by atoms with Gasteiger partial charge in [0.25, 0.3) is 0 Å². The molecule has 0 amide bonds. The SMILES string of the molecule is COCC(CO)Nc1nc(N)nc(N(C)C)n1. The molecule has 0 saturated heterocycles. The van der Waals surface area contributed by atoms with Crippen LogP contribution in [0.4, 0.5) is 17.8 Å². The van der Waals surface area contributed by atoms with Crippen molar-refractivity contribution in [3.05, 3.63) is 0 Å². The van der Waals surface area contributed by atoms with Crippen molar-refractivity contribution in [3.8, 4) is 0 Å². The quantitative estimate of drug-likeness (QED) is 0.579. The largest absolute Gasteiger partial charge is 0.394 e. The van der Waals surface area contributed by atoms with Crippen molar-refractivity contribution in [3.63, 3.8) is 0 Å². The van der Waals surface area contributed by atoms with Crippen molar-refractivity contribution >= 4 is 17.8 Å². The van der Waals surface area contributed by atoms with E-state index in [2.05, 4.69) is 20.3 Å². The molecular formula is C9H18N6O2. The van der Waals surface area contributed by atoms with Crippen LogP contribution in [0, 0.1) is 0 Å². The molecule has 17 heavy (non-hydrogen) atoms. The van der Waals surface area contributed by atoms with Gasteiger partial charge in [0.15, 0.2) is 0 Å². The Hall–Kier alpha value is -1.67. The van der Waals surface area contributed by atoms with E-state index in [-0.39, 0.29) is 18.6 Å². The van der Waals surface area contributed by atoms with Crippen molar-refractivity contribution < 1.29 is 9.84 Å². The fourth-order valence-electron chi connectivity index (χ4n) is 1.17. The average Bonchev–Trinajstić information content (AvgIpc) is 2.27. The zero-order valence-electron chi connectivity index (χ0n) is 10.2. The van der Waals surface area contributed by atoms with Crippen LogP contribution in [-0.4, -0.2) is 60.5 Å². The minimum absolute atomic E-state index is 0.0866. The van der Waals surface area contributed by atoms with Crippen LogP contribution in [0.3, 0.4) is 0 Å². The zero-order valence-corrected chi connectivity index (χ0v) is 10.2. The van der Waals surface area contributed by atoms with Crippen molar-refractivity contribution in [1.29, 1.82) is 0 Å². The average molecular weight is 242 g/mol. The molecule has 8 nitrogen and oxygen atoms in total. The standard InChI is InChI=1S/C9H18N6O2/c1-15(2)9-13-7(10)12-8(14-9)11-6(4-16)5-17-3/h6,16H,4-5H2,1-3H3,(H3,10,11,12,13,14). The zero-order chi connectivity index (χ0) is 12.8.